The summed E-state index contributed by atoms with van der Waals surface area (Å²) in [4.78, 5) is 36.3. The molecule has 0 atom stereocenters. The van der Waals surface area contributed by atoms with Crippen LogP contribution in [0.5, 0.6) is 0 Å². The molecule has 0 radical (unpaired) electrons. The second kappa shape index (κ2) is 6.13. The van der Waals surface area contributed by atoms with Crippen molar-refractivity contribution in [3.8, 4) is 0 Å². The highest BCUT2D eigenvalue weighted by molar-refractivity contribution is 5.97. The van der Waals surface area contributed by atoms with E-state index in [2.05, 4.69) is 14.5 Å². The molecule has 20 heavy (non-hydrogen) atoms. The summed E-state index contributed by atoms with van der Waals surface area (Å²) >= 11 is 0. The van der Waals surface area contributed by atoms with E-state index in [0.29, 0.717) is 12.3 Å². The summed E-state index contributed by atoms with van der Waals surface area (Å²) in [5, 5.41) is 0. The lowest BCUT2D eigenvalue weighted by Crippen LogP contribution is -2.18. The molecule has 0 unspecified atom stereocenters. The van der Waals surface area contributed by atoms with Crippen molar-refractivity contribution < 1.29 is 37.0 Å². The van der Waals surface area contributed by atoms with Gasteiger partial charge in [0.15, 0.2) is 0 Å². The van der Waals surface area contributed by atoms with Gasteiger partial charge >= 0.3 is 24.3 Å². The van der Waals surface area contributed by atoms with Crippen molar-refractivity contribution >= 4 is 18.1 Å². The molecule has 0 fully saturated rings. The third kappa shape index (κ3) is 4.34. The van der Waals surface area contributed by atoms with Gasteiger partial charge in [0.05, 0.1) is 11.1 Å². The summed E-state index contributed by atoms with van der Waals surface area (Å²) in [7, 11) is 0. The third-order valence-electron chi connectivity index (χ3n) is 1.96. The molecule has 1 heterocycles. The van der Waals surface area contributed by atoms with Crippen molar-refractivity contribution in [2.75, 3.05) is 0 Å². The Kier molecular flexibility index (Phi) is 4.78. The van der Waals surface area contributed by atoms with Crippen molar-refractivity contribution in [3.63, 3.8) is 0 Å². The Morgan fingerprint density at radius 1 is 1.20 bits per heavy atom. The number of ether oxygens (including phenoxy) is 2. The number of alkyl halides is 3. The largest absolute Gasteiger partial charge is 0.524 e. The molecule has 0 bridgehead atoms. The number of hydrogen-bond acceptors (Lipinski definition) is 6. The fourth-order valence-corrected chi connectivity index (χ4v) is 1.03. The van der Waals surface area contributed by atoms with Crippen LogP contribution in [0, 0.1) is 0 Å². The van der Waals surface area contributed by atoms with Crippen LogP contribution in [-0.4, -0.2) is 23.1 Å². The van der Waals surface area contributed by atoms with Crippen LogP contribution in [0.25, 0.3) is 0 Å². The molecule has 1 aromatic rings. The quantitative estimate of drug-likeness (QED) is 0.614. The lowest BCUT2D eigenvalue weighted by atomic mass is 10.2. The van der Waals surface area contributed by atoms with Gasteiger partial charge in [-0.1, -0.05) is 6.92 Å². The molecule has 9 heteroatoms. The number of rotatable bonds is 2. The normalized spacial score (nSPS) is 10.8. The molecule has 0 saturated carbocycles. The van der Waals surface area contributed by atoms with Crippen LogP contribution in [-0.2, 0) is 20.4 Å². The van der Waals surface area contributed by atoms with Crippen LogP contribution >= 0.6 is 0 Å². The summed E-state index contributed by atoms with van der Waals surface area (Å²) in [6, 6.07) is 0.463. The monoisotopic (exact) mass is 291 g/mol. The van der Waals surface area contributed by atoms with E-state index in [1.54, 1.807) is 0 Å². The summed E-state index contributed by atoms with van der Waals surface area (Å²) in [6.45, 7) is 1.40. The van der Waals surface area contributed by atoms with E-state index in [-0.39, 0.29) is 6.42 Å². The first-order chi connectivity index (χ1) is 9.24. The number of aromatic nitrogens is 1. The number of esters is 2. The van der Waals surface area contributed by atoms with E-state index in [1.807, 2.05) is 0 Å². The molecule has 0 aromatic carbocycles. The van der Waals surface area contributed by atoms with Gasteiger partial charge in [0.2, 0.25) is 0 Å². The predicted octanol–water partition coefficient (Wildman–Crippen LogP) is 2.33. The topological polar surface area (TPSA) is 82.6 Å². The summed E-state index contributed by atoms with van der Waals surface area (Å²) in [6.07, 6.45) is -5.14. The van der Waals surface area contributed by atoms with Gasteiger partial charge in [0.25, 0.3) is 0 Å². The van der Waals surface area contributed by atoms with Crippen LogP contribution in [0.2, 0.25) is 0 Å². The van der Waals surface area contributed by atoms with Gasteiger partial charge in [-0.15, -0.1) is 0 Å². The summed E-state index contributed by atoms with van der Waals surface area (Å²) < 4.78 is 45.2. The molecular weight excluding hydrogens is 283 g/mol. The van der Waals surface area contributed by atoms with Gasteiger partial charge in [-0.3, -0.25) is 9.78 Å². The zero-order valence-electron chi connectivity index (χ0n) is 10.1. The van der Waals surface area contributed by atoms with Crippen LogP contribution in [0.15, 0.2) is 18.5 Å². The van der Waals surface area contributed by atoms with Gasteiger partial charge in [0.1, 0.15) is 0 Å². The second-order valence-electron chi connectivity index (χ2n) is 3.43. The first kappa shape index (κ1) is 15.6. The van der Waals surface area contributed by atoms with Crippen LogP contribution in [0.1, 0.15) is 29.3 Å². The van der Waals surface area contributed by atoms with Gasteiger partial charge in [-0.2, -0.15) is 13.2 Å². The van der Waals surface area contributed by atoms with Crippen molar-refractivity contribution in [2.45, 2.75) is 19.5 Å². The first-order valence-electron chi connectivity index (χ1n) is 5.23. The lowest BCUT2D eigenvalue weighted by Gasteiger charge is -2.07. The Balaban J connectivity index is 2.78. The average molecular weight is 291 g/mol. The molecule has 0 amide bonds. The van der Waals surface area contributed by atoms with E-state index >= 15 is 0 Å². The number of pyridine rings is 1. The minimum absolute atomic E-state index is 0.131. The average Bonchev–Trinajstić information content (AvgIpc) is 2.37. The Labute approximate surface area is 110 Å². The standard InChI is InChI=1S/C11H8F3NO5/c1-2-8(16)19-10(18)20-9(17)6-3-7(5-15-4-6)11(12,13)14/h3-5H,2H2,1H3. The maximum absolute atomic E-state index is 12.4. The minimum atomic E-state index is -4.69. The molecule has 0 spiro atoms. The Hall–Kier alpha value is -2.45. The van der Waals surface area contributed by atoms with Gasteiger partial charge < -0.3 is 9.47 Å². The Morgan fingerprint density at radius 3 is 2.40 bits per heavy atom. The predicted molar refractivity (Wildman–Crippen MR) is 56.4 cm³/mol. The van der Waals surface area contributed by atoms with Crippen LogP contribution < -0.4 is 0 Å². The number of halogens is 3. The minimum Gasteiger partial charge on any atom is -0.360 e. The van der Waals surface area contributed by atoms with Gasteiger partial charge in [-0.05, 0) is 6.07 Å². The molecule has 6 nitrogen and oxygen atoms in total. The third-order valence-corrected chi connectivity index (χ3v) is 1.96. The van der Waals surface area contributed by atoms with E-state index < -0.39 is 35.4 Å². The Bertz CT molecular complexity index is 541. The summed E-state index contributed by atoms with van der Waals surface area (Å²) in [5.41, 5.74) is -1.77. The molecular formula is C11H8F3NO5. The maximum Gasteiger partial charge on any atom is 0.524 e. The fourth-order valence-electron chi connectivity index (χ4n) is 1.03. The number of carbonyl (C=O) groups excluding carboxylic acids is 3. The van der Waals surface area contributed by atoms with Crippen LogP contribution in [0.4, 0.5) is 18.0 Å². The molecule has 0 N–H and O–H groups in total. The summed E-state index contributed by atoms with van der Waals surface area (Å²) in [5.74, 6) is -2.34. The molecule has 0 aliphatic heterocycles. The highest BCUT2D eigenvalue weighted by Gasteiger charge is 2.32. The van der Waals surface area contributed by atoms with E-state index in [9.17, 15) is 27.6 Å². The SMILES string of the molecule is CCC(=O)OC(=O)OC(=O)c1cncc(C(F)(F)F)c1. The zero-order chi connectivity index (χ0) is 15.3. The fraction of sp³-hybridized carbons (Fsp3) is 0.273. The smallest absolute Gasteiger partial charge is 0.360 e. The highest BCUT2D eigenvalue weighted by Crippen LogP contribution is 2.28. The zero-order valence-corrected chi connectivity index (χ0v) is 10.1. The second-order valence-corrected chi connectivity index (χ2v) is 3.43. The lowest BCUT2D eigenvalue weighted by molar-refractivity contribution is -0.139. The molecule has 1 rings (SSSR count). The van der Waals surface area contributed by atoms with Crippen LogP contribution in [0.3, 0.4) is 0 Å². The number of carbonyl (C=O) groups is 3. The molecule has 108 valence electrons. The van der Waals surface area contributed by atoms with E-state index in [1.165, 1.54) is 6.92 Å². The van der Waals surface area contributed by atoms with Crippen molar-refractivity contribution in [2.24, 2.45) is 0 Å². The Morgan fingerprint density at radius 2 is 1.85 bits per heavy atom. The number of nitrogens with zero attached hydrogens (tertiary/aromatic N) is 1. The van der Waals surface area contributed by atoms with Crippen molar-refractivity contribution in [3.05, 3.63) is 29.6 Å². The molecule has 0 aliphatic rings. The van der Waals surface area contributed by atoms with Gasteiger partial charge in [-0.25, -0.2) is 9.59 Å². The van der Waals surface area contributed by atoms with E-state index in [4.69, 9.17) is 0 Å². The molecule has 0 saturated heterocycles. The molecule has 0 aliphatic carbocycles. The first-order valence-corrected chi connectivity index (χ1v) is 5.23. The maximum atomic E-state index is 12.4. The highest BCUT2D eigenvalue weighted by atomic mass is 19.4. The molecule has 1 aromatic heterocycles. The van der Waals surface area contributed by atoms with E-state index in [0.717, 1.165) is 6.20 Å². The number of hydrogen-bond donors (Lipinski definition) is 0. The van der Waals surface area contributed by atoms with Crippen molar-refractivity contribution in [1.82, 2.24) is 4.98 Å². The van der Waals surface area contributed by atoms with Crippen molar-refractivity contribution in [1.29, 1.82) is 0 Å². The van der Waals surface area contributed by atoms with Gasteiger partial charge in [0, 0.05) is 18.8 Å².